The van der Waals surface area contributed by atoms with Crippen molar-refractivity contribution in [3.05, 3.63) is 16.1 Å². The van der Waals surface area contributed by atoms with Gasteiger partial charge < -0.3 is 15.2 Å². The summed E-state index contributed by atoms with van der Waals surface area (Å²) in [7, 11) is 1.47. The fraction of sp³-hybridized carbons (Fsp3) is 0.643. The molecule has 1 atom stereocenters. The molecule has 1 aromatic heterocycles. The second kappa shape index (κ2) is 6.53. The Kier molecular flexibility index (Phi) is 5.47. The minimum atomic E-state index is -0.997. The zero-order chi connectivity index (χ0) is 16.3. The van der Waals surface area contributed by atoms with E-state index >= 15 is 0 Å². The van der Waals surface area contributed by atoms with Gasteiger partial charge in [-0.2, -0.15) is 0 Å². The van der Waals surface area contributed by atoms with Gasteiger partial charge in [-0.3, -0.25) is 9.59 Å². The maximum Gasteiger partial charge on any atom is 0.305 e. The maximum absolute atomic E-state index is 12.2. The first-order valence-electron chi connectivity index (χ1n) is 6.57. The van der Waals surface area contributed by atoms with Gasteiger partial charge in [0.25, 0.3) is 5.91 Å². The van der Waals surface area contributed by atoms with E-state index in [0.717, 1.165) is 5.01 Å². The number of carbonyl (C=O) groups excluding carboxylic acids is 1. The molecule has 0 aliphatic heterocycles. The molecular weight excluding hydrogens is 292 g/mol. The van der Waals surface area contributed by atoms with E-state index in [-0.39, 0.29) is 24.3 Å². The highest BCUT2D eigenvalue weighted by Crippen LogP contribution is 2.25. The summed E-state index contributed by atoms with van der Waals surface area (Å²) in [5.41, 5.74) is -0.791. The zero-order valence-electron chi connectivity index (χ0n) is 13.0. The van der Waals surface area contributed by atoms with Gasteiger partial charge in [0.2, 0.25) is 0 Å². The summed E-state index contributed by atoms with van der Waals surface area (Å²) < 4.78 is 5.01. The van der Waals surface area contributed by atoms with E-state index in [1.54, 1.807) is 12.3 Å². The van der Waals surface area contributed by atoms with Gasteiger partial charge in [0.15, 0.2) is 0 Å². The van der Waals surface area contributed by atoms with Crippen LogP contribution in [0.25, 0.3) is 0 Å². The predicted molar refractivity (Wildman–Crippen MR) is 80.8 cm³/mol. The zero-order valence-corrected chi connectivity index (χ0v) is 13.8. The van der Waals surface area contributed by atoms with Crippen molar-refractivity contribution in [2.45, 2.75) is 45.1 Å². The number of hydrogen-bond donors (Lipinski definition) is 2. The molecule has 0 radical (unpaired) electrons. The first-order chi connectivity index (χ1) is 9.57. The number of aliphatic carboxylic acids is 1. The summed E-state index contributed by atoms with van der Waals surface area (Å²) >= 11 is 1.42. The molecular formula is C14H22N2O4S. The van der Waals surface area contributed by atoms with E-state index in [4.69, 9.17) is 9.84 Å². The van der Waals surface area contributed by atoms with Crippen LogP contribution in [0.2, 0.25) is 0 Å². The van der Waals surface area contributed by atoms with Crippen LogP contribution in [0.1, 0.15) is 49.6 Å². The first-order valence-corrected chi connectivity index (χ1v) is 7.44. The Balaban J connectivity index is 2.87. The summed E-state index contributed by atoms with van der Waals surface area (Å²) in [5.74, 6) is -1.38. The smallest absolute Gasteiger partial charge is 0.305 e. The number of carboxylic acids is 1. The Morgan fingerprint density at radius 1 is 1.38 bits per heavy atom. The van der Waals surface area contributed by atoms with Gasteiger partial charge >= 0.3 is 5.97 Å². The third kappa shape index (κ3) is 5.09. The highest BCUT2D eigenvalue weighted by Gasteiger charge is 2.31. The van der Waals surface area contributed by atoms with Crippen LogP contribution in [-0.2, 0) is 14.9 Å². The van der Waals surface area contributed by atoms with E-state index in [9.17, 15) is 9.59 Å². The number of hydrogen-bond acceptors (Lipinski definition) is 5. The summed E-state index contributed by atoms with van der Waals surface area (Å²) in [4.78, 5) is 27.5. The van der Waals surface area contributed by atoms with Gasteiger partial charge in [0, 0.05) is 17.9 Å². The minimum Gasteiger partial charge on any atom is -0.481 e. The highest BCUT2D eigenvalue weighted by atomic mass is 32.1. The van der Waals surface area contributed by atoms with Crippen molar-refractivity contribution < 1.29 is 19.4 Å². The monoisotopic (exact) mass is 314 g/mol. The van der Waals surface area contributed by atoms with Crippen LogP contribution in [0.15, 0.2) is 5.38 Å². The molecule has 2 N–H and O–H groups in total. The molecule has 1 rings (SSSR count). The molecule has 7 heteroatoms. The van der Waals surface area contributed by atoms with E-state index in [1.165, 1.54) is 18.4 Å². The van der Waals surface area contributed by atoms with Gasteiger partial charge in [0.1, 0.15) is 5.69 Å². The summed E-state index contributed by atoms with van der Waals surface area (Å²) in [5, 5.41) is 14.2. The average Bonchev–Trinajstić information content (AvgIpc) is 2.75. The lowest BCUT2D eigenvalue weighted by Crippen LogP contribution is -2.50. The van der Waals surface area contributed by atoms with Gasteiger partial charge in [0.05, 0.1) is 23.6 Å². The van der Waals surface area contributed by atoms with Crippen molar-refractivity contribution in [3.8, 4) is 0 Å². The van der Waals surface area contributed by atoms with Gasteiger partial charge in [-0.15, -0.1) is 11.3 Å². The minimum absolute atomic E-state index is 0.112. The van der Waals surface area contributed by atoms with Crippen molar-refractivity contribution in [1.82, 2.24) is 10.3 Å². The maximum atomic E-state index is 12.2. The van der Waals surface area contributed by atoms with Crippen LogP contribution in [0.3, 0.4) is 0 Å². The quantitative estimate of drug-likeness (QED) is 0.839. The Bertz CT molecular complexity index is 521. The second-order valence-electron chi connectivity index (χ2n) is 6.31. The Morgan fingerprint density at radius 3 is 2.43 bits per heavy atom. The Morgan fingerprint density at radius 2 is 2.00 bits per heavy atom. The molecule has 0 saturated heterocycles. The third-order valence-corrected chi connectivity index (χ3v) is 4.07. The van der Waals surface area contributed by atoms with Crippen molar-refractivity contribution >= 4 is 23.2 Å². The molecule has 1 amide bonds. The molecule has 0 aromatic carbocycles. The molecule has 0 spiro atoms. The average molecular weight is 314 g/mol. The van der Waals surface area contributed by atoms with E-state index in [1.807, 2.05) is 20.8 Å². The fourth-order valence-corrected chi connectivity index (χ4v) is 2.73. The number of nitrogens with one attached hydrogen (secondary N) is 1. The Hall–Kier alpha value is -1.47. The molecule has 0 aliphatic carbocycles. The SMILES string of the molecule is COCC(C)(CC(=O)O)NC(=O)c1csc(C(C)(C)C)n1. The van der Waals surface area contributed by atoms with Crippen LogP contribution in [0, 0.1) is 0 Å². The third-order valence-electron chi connectivity index (χ3n) is 2.80. The number of aromatic nitrogens is 1. The van der Waals surface area contributed by atoms with Crippen molar-refractivity contribution in [3.63, 3.8) is 0 Å². The molecule has 118 valence electrons. The molecule has 0 saturated carbocycles. The van der Waals surface area contributed by atoms with Gasteiger partial charge in [-0.05, 0) is 6.92 Å². The van der Waals surface area contributed by atoms with Crippen molar-refractivity contribution in [2.24, 2.45) is 0 Å². The molecule has 21 heavy (non-hydrogen) atoms. The van der Waals surface area contributed by atoms with Gasteiger partial charge in [-0.25, -0.2) is 4.98 Å². The molecule has 1 heterocycles. The normalized spacial score (nSPS) is 14.5. The van der Waals surface area contributed by atoms with Crippen LogP contribution >= 0.6 is 11.3 Å². The van der Waals surface area contributed by atoms with Crippen LogP contribution in [0.5, 0.6) is 0 Å². The largest absolute Gasteiger partial charge is 0.481 e. The molecule has 0 bridgehead atoms. The van der Waals surface area contributed by atoms with Crippen LogP contribution in [0.4, 0.5) is 0 Å². The number of carbonyl (C=O) groups is 2. The number of amides is 1. The van der Waals surface area contributed by atoms with Crippen LogP contribution < -0.4 is 5.32 Å². The topological polar surface area (TPSA) is 88.5 Å². The number of methoxy groups -OCH3 is 1. The summed E-state index contributed by atoms with van der Waals surface area (Å²) in [6, 6.07) is 0. The lowest BCUT2D eigenvalue weighted by molar-refractivity contribution is -0.139. The number of rotatable bonds is 6. The number of nitrogens with zero attached hydrogens (tertiary/aromatic N) is 1. The predicted octanol–water partition coefficient (Wildman–Crippen LogP) is 2.05. The Labute approximate surface area is 128 Å². The summed E-state index contributed by atoms with van der Waals surface area (Å²) in [6.45, 7) is 7.81. The first kappa shape index (κ1) is 17.6. The number of thiazole rings is 1. The van der Waals surface area contributed by atoms with E-state index in [2.05, 4.69) is 10.3 Å². The second-order valence-corrected chi connectivity index (χ2v) is 7.16. The van der Waals surface area contributed by atoms with E-state index < -0.39 is 11.5 Å². The van der Waals surface area contributed by atoms with E-state index in [0.29, 0.717) is 5.69 Å². The number of carboxylic acid groups (broad SMARTS) is 1. The number of ether oxygens (including phenoxy) is 1. The molecule has 6 nitrogen and oxygen atoms in total. The highest BCUT2D eigenvalue weighted by molar-refractivity contribution is 7.10. The summed E-state index contributed by atoms with van der Waals surface area (Å²) in [6.07, 6.45) is -0.219. The van der Waals surface area contributed by atoms with Crippen molar-refractivity contribution in [1.29, 1.82) is 0 Å². The molecule has 0 fully saturated rings. The standard InChI is InChI=1S/C14H22N2O4S/c1-13(2,3)12-15-9(7-21-12)11(19)16-14(4,8-20-5)6-10(17)18/h7H,6,8H2,1-5H3,(H,16,19)(H,17,18). The van der Waals surface area contributed by atoms with Crippen LogP contribution in [-0.4, -0.2) is 41.2 Å². The lowest BCUT2D eigenvalue weighted by Gasteiger charge is -2.28. The fourth-order valence-electron chi connectivity index (χ4n) is 1.84. The van der Waals surface area contributed by atoms with Crippen molar-refractivity contribution in [2.75, 3.05) is 13.7 Å². The molecule has 1 unspecified atom stereocenters. The lowest BCUT2D eigenvalue weighted by atomic mass is 9.98. The molecule has 1 aromatic rings. The molecule has 0 aliphatic rings. The van der Waals surface area contributed by atoms with Gasteiger partial charge in [-0.1, -0.05) is 20.8 Å².